The second-order valence-electron chi connectivity index (χ2n) is 7.53. The molecule has 1 fully saturated rings. The smallest absolute Gasteiger partial charge is 0.325 e. The van der Waals surface area contributed by atoms with E-state index >= 15 is 0 Å². The number of thiazole rings is 1. The average Bonchev–Trinajstić information content (AvgIpc) is 3.32. The number of hydrogen-bond acceptors (Lipinski definition) is 4. The highest BCUT2D eigenvalue weighted by molar-refractivity contribution is 7.18. The Labute approximate surface area is 176 Å². The summed E-state index contributed by atoms with van der Waals surface area (Å²) in [6.07, 6.45) is 3.79. The van der Waals surface area contributed by atoms with E-state index in [0.717, 1.165) is 46.4 Å². The number of likely N-dealkylation sites (tertiary alicyclic amines) is 1. The Morgan fingerprint density at radius 1 is 1.31 bits per heavy atom. The minimum Gasteiger partial charge on any atom is -0.480 e. The number of aliphatic carboxylic acids is 1. The molecule has 0 amide bonds. The van der Waals surface area contributed by atoms with Crippen LogP contribution in [0.15, 0.2) is 48.7 Å². The van der Waals surface area contributed by atoms with E-state index in [1.54, 1.807) is 17.5 Å². The van der Waals surface area contributed by atoms with Gasteiger partial charge in [-0.25, -0.2) is 4.98 Å². The maximum absolute atomic E-state index is 12.3. The molecule has 0 unspecified atom stereocenters. The van der Waals surface area contributed by atoms with Crippen molar-refractivity contribution in [3.8, 4) is 0 Å². The fourth-order valence-corrected chi connectivity index (χ4v) is 5.60. The summed E-state index contributed by atoms with van der Waals surface area (Å²) in [5.41, 5.74) is 2.68. The standard InChI is InChI=1S/C22H20ClN3O2S/c23-14-7-8-17-15(10-14)16(11-24-17)20(22(27)28)26-9-3-4-13(12-26)21-25-18-5-1-2-6-19(18)29-21/h1-2,5-8,10-11,13,20,24H,3-4,9,12H2,(H,27,28)/t13-,20-/m1/s1. The van der Waals surface area contributed by atoms with Gasteiger partial charge in [0.2, 0.25) is 0 Å². The fraction of sp³-hybridized carbons (Fsp3) is 0.273. The number of H-pyrrole nitrogens is 1. The highest BCUT2D eigenvalue weighted by Crippen LogP contribution is 2.37. The van der Waals surface area contributed by atoms with Gasteiger partial charge >= 0.3 is 5.97 Å². The first-order valence-corrected chi connectivity index (χ1v) is 10.9. The molecule has 4 aromatic rings. The summed E-state index contributed by atoms with van der Waals surface area (Å²) in [5, 5.41) is 12.7. The number of para-hydroxylation sites is 1. The molecule has 5 rings (SSSR count). The van der Waals surface area contributed by atoms with Gasteiger partial charge in [0.05, 0.1) is 15.2 Å². The van der Waals surface area contributed by atoms with Gasteiger partial charge in [-0.15, -0.1) is 11.3 Å². The van der Waals surface area contributed by atoms with Gasteiger partial charge in [0.15, 0.2) is 0 Å². The minimum absolute atomic E-state index is 0.247. The lowest BCUT2D eigenvalue weighted by Crippen LogP contribution is -2.40. The van der Waals surface area contributed by atoms with E-state index in [-0.39, 0.29) is 5.92 Å². The van der Waals surface area contributed by atoms with Crippen molar-refractivity contribution in [3.63, 3.8) is 0 Å². The quantitative estimate of drug-likeness (QED) is 0.457. The molecule has 0 aliphatic carbocycles. The second kappa shape index (κ2) is 7.44. The Hall–Kier alpha value is -2.41. The molecular formula is C22H20ClN3O2S. The van der Waals surface area contributed by atoms with E-state index in [4.69, 9.17) is 16.6 Å². The van der Waals surface area contributed by atoms with Crippen molar-refractivity contribution in [1.29, 1.82) is 0 Å². The first-order chi connectivity index (χ1) is 14.1. The molecule has 5 nitrogen and oxygen atoms in total. The monoisotopic (exact) mass is 425 g/mol. The molecule has 1 aliphatic heterocycles. The highest BCUT2D eigenvalue weighted by atomic mass is 35.5. The molecule has 2 aromatic carbocycles. The zero-order valence-electron chi connectivity index (χ0n) is 15.6. The summed E-state index contributed by atoms with van der Waals surface area (Å²) in [6.45, 7) is 1.44. The SMILES string of the molecule is O=C(O)[C@@H](c1c[nH]c2ccc(Cl)cc12)N1CCC[C@@H](c2nc3ccccc3s2)C1. The average molecular weight is 426 g/mol. The number of aromatic amines is 1. The van der Waals surface area contributed by atoms with E-state index < -0.39 is 12.0 Å². The molecule has 0 spiro atoms. The zero-order valence-corrected chi connectivity index (χ0v) is 17.2. The van der Waals surface area contributed by atoms with Gasteiger partial charge in [-0.2, -0.15) is 0 Å². The van der Waals surface area contributed by atoms with Crippen molar-refractivity contribution in [3.05, 3.63) is 64.3 Å². The van der Waals surface area contributed by atoms with Crippen molar-refractivity contribution >= 4 is 50.0 Å². The number of rotatable bonds is 4. The number of benzene rings is 2. The van der Waals surface area contributed by atoms with Crippen LogP contribution >= 0.6 is 22.9 Å². The van der Waals surface area contributed by atoms with Crippen LogP contribution in [0.5, 0.6) is 0 Å². The normalized spacial score (nSPS) is 19.0. The third-order valence-electron chi connectivity index (χ3n) is 5.68. The van der Waals surface area contributed by atoms with Crippen LogP contribution < -0.4 is 0 Å². The minimum atomic E-state index is -0.837. The lowest BCUT2D eigenvalue weighted by atomic mass is 9.95. The molecule has 3 heterocycles. The van der Waals surface area contributed by atoms with Gasteiger partial charge in [-0.3, -0.25) is 9.69 Å². The fourth-order valence-electron chi connectivity index (χ4n) is 4.33. The van der Waals surface area contributed by atoms with Crippen molar-refractivity contribution in [2.45, 2.75) is 24.8 Å². The molecule has 0 bridgehead atoms. The third-order valence-corrected chi connectivity index (χ3v) is 7.12. The predicted octanol–water partition coefficient (Wildman–Crippen LogP) is 5.44. The van der Waals surface area contributed by atoms with Crippen LogP contribution in [0.25, 0.3) is 21.1 Å². The van der Waals surface area contributed by atoms with Crippen LogP contribution in [0.1, 0.15) is 35.4 Å². The van der Waals surface area contributed by atoms with Gasteiger partial charge in [0.1, 0.15) is 6.04 Å². The molecule has 0 saturated carbocycles. The molecule has 148 valence electrons. The van der Waals surface area contributed by atoms with Crippen LogP contribution in [0.3, 0.4) is 0 Å². The number of nitrogens with zero attached hydrogens (tertiary/aromatic N) is 2. The Balaban J connectivity index is 1.48. The number of carboxylic acids is 1. The summed E-state index contributed by atoms with van der Waals surface area (Å²) in [6, 6.07) is 13.0. The van der Waals surface area contributed by atoms with Crippen LogP contribution in [-0.2, 0) is 4.79 Å². The van der Waals surface area contributed by atoms with Crippen molar-refractivity contribution in [1.82, 2.24) is 14.9 Å². The predicted molar refractivity (Wildman–Crippen MR) is 117 cm³/mol. The first-order valence-electron chi connectivity index (χ1n) is 9.69. The summed E-state index contributed by atoms with van der Waals surface area (Å²) >= 11 is 7.90. The Morgan fingerprint density at radius 2 is 2.17 bits per heavy atom. The number of hydrogen-bond donors (Lipinski definition) is 2. The molecule has 1 saturated heterocycles. The lowest BCUT2D eigenvalue weighted by molar-refractivity contribution is -0.144. The summed E-state index contributed by atoms with van der Waals surface area (Å²) < 4.78 is 1.18. The number of carboxylic acid groups (broad SMARTS) is 1. The Kier molecular flexibility index (Phi) is 4.78. The molecule has 2 aromatic heterocycles. The van der Waals surface area contributed by atoms with Gasteiger partial charge in [0.25, 0.3) is 0 Å². The van der Waals surface area contributed by atoms with Crippen LogP contribution in [0.2, 0.25) is 5.02 Å². The number of aromatic nitrogens is 2. The van der Waals surface area contributed by atoms with Crippen LogP contribution in [-0.4, -0.2) is 39.0 Å². The summed E-state index contributed by atoms with van der Waals surface area (Å²) in [5.74, 6) is -0.590. The van der Waals surface area contributed by atoms with E-state index in [0.29, 0.717) is 11.6 Å². The van der Waals surface area contributed by atoms with E-state index in [1.807, 2.05) is 36.4 Å². The molecule has 29 heavy (non-hydrogen) atoms. The second-order valence-corrected chi connectivity index (χ2v) is 9.03. The van der Waals surface area contributed by atoms with E-state index in [2.05, 4.69) is 16.0 Å². The van der Waals surface area contributed by atoms with Crippen LogP contribution in [0, 0.1) is 0 Å². The maximum atomic E-state index is 12.3. The maximum Gasteiger partial charge on any atom is 0.325 e. The first kappa shape index (κ1) is 18.6. The van der Waals surface area contributed by atoms with Crippen LogP contribution in [0.4, 0.5) is 0 Å². The number of nitrogens with one attached hydrogen (secondary N) is 1. The molecule has 0 radical (unpaired) electrons. The Morgan fingerprint density at radius 3 is 3.00 bits per heavy atom. The third kappa shape index (κ3) is 3.41. The van der Waals surface area contributed by atoms with Gasteiger partial charge in [-0.1, -0.05) is 23.7 Å². The number of carbonyl (C=O) groups is 1. The van der Waals surface area contributed by atoms with Crippen molar-refractivity contribution in [2.24, 2.45) is 0 Å². The number of fused-ring (bicyclic) bond motifs is 2. The largest absolute Gasteiger partial charge is 0.480 e. The van der Waals surface area contributed by atoms with Crippen molar-refractivity contribution in [2.75, 3.05) is 13.1 Å². The van der Waals surface area contributed by atoms with Crippen molar-refractivity contribution < 1.29 is 9.90 Å². The van der Waals surface area contributed by atoms with Gasteiger partial charge < -0.3 is 10.1 Å². The number of halogens is 1. The van der Waals surface area contributed by atoms with E-state index in [9.17, 15) is 9.90 Å². The molecular weight excluding hydrogens is 406 g/mol. The molecule has 1 aliphatic rings. The molecule has 7 heteroatoms. The lowest BCUT2D eigenvalue weighted by Gasteiger charge is -2.35. The number of piperidine rings is 1. The highest BCUT2D eigenvalue weighted by Gasteiger charge is 2.34. The van der Waals surface area contributed by atoms with Gasteiger partial charge in [-0.05, 0) is 49.7 Å². The molecule has 2 atom stereocenters. The summed E-state index contributed by atoms with van der Waals surface area (Å²) in [4.78, 5) is 22.4. The Bertz CT molecular complexity index is 1170. The topological polar surface area (TPSA) is 69.2 Å². The van der Waals surface area contributed by atoms with Gasteiger partial charge in [0, 0.05) is 40.1 Å². The molecule has 2 N–H and O–H groups in total. The zero-order chi connectivity index (χ0) is 20.0. The van der Waals surface area contributed by atoms with E-state index in [1.165, 1.54) is 4.70 Å². The summed E-state index contributed by atoms with van der Waals surface area (Å²) in [7, 11) is 0.